The van der Waals surface area contributed by atoms with Crippen molar-refractivity contribution in [2.24, 2.45) is 0 Å². The largest absolute Gasteiger partial charge is 0.461 e. The smallest absolute Gasteiger partial charge is 0.333 e. The van der Waals surface area contributed by atoms with E-state index in [0.29, 0.717) is 31.8 Å². The predicted molar refractivity (Wildman–Crippen MR) is 101 cm³/mol. The highest BCUT2D eigenvalue weighted by atomic mass is 16.5. The van der Waals surface area contributed by atoms with Crippen LogP contribution < -0.4 is 5.32 Å². The van der Waals surface area contributed by atoms with Gasteiger partial charge in [-0.15, -0.1) is 13.2 Å². The Morgan fingerprint density at radius 1 is 1.12 bits per heavy atom. The zero-order chi connectivity index (χ0) is 19.2. The molecular weight excluding hydrogens is 304 g/mol. The number of ether oxygens (including phenoxy) is 1. The van der Waals surface area contributed by atoms with E-state index in [-0.39, 0.29) is 17.4 Å². The van der Waals surface area contributed by atoms with Crippen molar-refractivity contribution in [3.63, 3.8) is 0 Å². The van der Waals surface area contributed by atoms with E-state index < -0.39 is 0 Å². The lowest BCUT2D eigenvalue weighted by Gasteiger charge is -2.20. The maximum atomic E-state index is 11.0. The minimum atomic E-state index is -0.323. The summed E-state index contributed by atoms with van der Waals surface area (Å²) in [6, 6.07) is 0. The molecule has 0 unspecified atom stereocenters. The van der Waals surface area contributed by atoms with Crippen LogP contribution in [-0.4, -0.2) is 48.6 Å². The van der Waals surface area contributed by atoms with Gasteiger partial charge in [-0.1, -0.05) is 25.3 Å². The number of nitrogens with zero attached hydrogens (tertiary/aromatic N) is 1. The third kappa shape index (κ3) is 14.8. The van der Waals surface area contributed by atoms with Gasteiger partial charge in [0.1, 0.15) is 6.61 Å². The molecule has 0 aromatic heterocycles. The Morgan fingerprint density at radius 3 is 1.96 bits per heavy atom. The number of carbonyl (C=O) groups excluding carboxylic acids is 2. The van der Waals surface area contributed by atoms with Crippen molar-refractivity contribution in [3.05, 3.63) is 50.1 Å². The molecule has 24 heavy (non-hydrogen) atoms. The molecule has 0 aliphatic carbocycles. The average molecular weight is 336 g/mol. The molecule has 0 aliphatic heterocycles. The van der Waals surface area contributed by atoms with Crippen molar-refractivity contribution in [2.45, 2.75) is 33.2 Å². The van der Waals surface area contributed by atoms with E-state index in [2.05, 4.69) is 52.4 Å². The van der Waals surface area contributed by atoms with Gasteiger partial charge in [-0.05, 0) is 33.8 Å². The fourth-order valence-electron chi connectivity index (χ4n) is 1.39. The number of rotatable bonds is 9. The minimum Gasteiger partial charge on any atom is -0.461 e. The fraction of sp³-hybridized carbons (Fsp3) is 0.474. The number of nitrogens with one attached hydrogen (secondary N) is 1. The van der Waals surface area contributed by atoms with Gasteiger partial charge in [-0.3, -0.25) is 4.79 Å². The van der Waals surface area contributed by atoms with Crippen LogP contribution in [-0.2, 0) is 14.3 Å². The molecule has 0 radical (unpaired) electrons. The van der Waals surface area contributed by atoms with Crippen molar-refractivity contribution in [3.8, 4) is 0 Å². The molecule has 0 saturated carbocycles. The molecule has 136 valence electrons. The van der Waals surface area contributed by atoms with Crippen LogP contribution in [0.2, 0.25) is 0 Å². The van der Waals surface area contributed by atoms with Crippen LogP contribution >= 0.6 is 0 Å². The Labute approximate surface area is 146 Å². The standard InChI is InChI=1S/C10H19NO2.C9H13NO/c1-8(2)9(12)13-7-6-11-10(3,4)5;1-4-7-10(8-5-2)9(11)6-3/h11H,1,6-7H2,2-5H3;4-6H,1-3,7-8H2. The zero-order valence-corrected chi connectivity index (χ0v) is 15.6. The van der Waals surface area contributed by atoms with E-state index in [9.17, 15) is 9.59 Å². The zero-order valence-electron chi connectivity index (χ0n) is 15.6. The van der Waals surface area contributed by atoms with E-state index >= 15 is 0 Å². The van der Waals surface area contributed by atoms with Crippen molar-refractivity contribution >= 4 is 11.9 Å². The van der Waals surface area contributed by atoms with Crippen LogP contribution in [0.4, 0.5) is 0 Å². The summed E-state index contributed by atoms with van der Waals surface area (Å²) in [5.74, 6) is -0.416. The summed E-state index contributed by atoms with van der Waals surface area (Å²) < 4.78 is 4.90. The normalized spacial score (nSPS) is 9.83. The number of carbonyl (C=O) groups is 2. The second-order valence-electron chi connectivity index (χ2n) is 6.12. The van der Waals surface area contributed by atoms with Crippen LogP contribution in [0, 0.1) is 0 Å². The van der Waals surface area contributed by atoms with E-state index in [0.717, 1.165) is 0 Å². The molecule has 0 saturated heterocycles. The topological polar surface area (TPSA) is 58.6 Å². The van der Waals surface area contributed by atoms with Gasteiger partial charge in [0.05, 0.1) is 0 Å². The quantitative estimate of drug-likeness (QED) is 0.304. The van der Waals surface area contributed by atoms with Crippen molar-refractivity contribution in [1.29, 1.82) is 0 Å². The summed E-state index contributed by atoms with van der Waals surface area (Å²) in [6.45, 7) is 23.9. The molecule has 5 heteroatoms. The van der Waals surface area contributed by atoms with E-state index in [1.165, 1.54) is 6.08 Å². The second kappa shape index (κ2) is 13.3. The lowest BCUT2D eigenvalue weighted by atomic mass is 10.1. The highest BCUT2D eigenvalue weighted by Crippen LogP contribution is 1.97. The fourth-order valence-corrected chi connectivity index (χ4v) is 1.39. The Hall–Kier alpha value is -2.14. The van der Waals surface area contributed by atoms with Gasteiger partial charge in [0, 0.05) is 30.7 Å². The summed E-state index contributed by atoms with van der Waals surface area (Å²) >= 11 is 0. The molecule has 0 bridgehead atoms. The van der Waals surface area contributed by atoms with Crippen molar-refractivity contribution < 1.29 is 14.3 Å². The second-order valence-corrected chi connectivity index (χ2v) is 6.12. The predicted octanol–water partition coefficient (Wildman–Crippen LogP) is 2.87. The van der Waals surface area contributed by atoms with Crippen molar-refractivity contribution in [1.82, 2.24) is 10.2 Å². The first-order chi connectivity index (χ1) is 11.1. The molecule has 0 rings (SSSR count). The monoisotopic (exact) mass is 336 g/mol. The average Bonchev–Trinajstić information content (AvgIpc) is 2.50. The molecular formula is C19H32N2O3. The molecule has 1 N–H and O–H groups in total. The SMILES string of the molecule is C=C(C)C(=O)OCCNC(C)(C)C.C=CCN(CC=C)C(=O)C=C. The van der Waals surface area contributed by atoms with Gasteiger partial charge in [-0.25, -0.2) is 4.79 Å². The van der Waals surface area contributed by atoms with E-state index in [1.807, 2.05) is 0 Å². The Kier molecular flexibility index (Phi) is 13.4. The summed E-state index contributed by atoms with van der Waals surface area (Å²) in [5.41, 5.74) is 0.506. The minimum absolute atomic E-state index is 0.0651. The molecule has 0 atom stereocenters. The van der Waals surface area contributed by atoms with Gasteiger partial charge >= 0.3 is 5.97 Å². The molecule has 0 heterocycles. The van der Waals surface area contributed by atoms with Crippen molar-refractivity contribution in [2.75, 3.05) is 26.2 Å². The Morgan fingerprint density at radius 2 is 1.62 bits per heavy atom. The number of hydrogen-bond acceptors (Lipinski definition) is 4. The van der Waals surface area contributed by atoms with Gasteiger partial charge in [0.15, 0.2) is 0 Å². The van der Waals surface area contributed by atoms with Gasteiger partial charge in [-0.2, -0.15) is 0 Å². The molecule has 0 aromatic carbocycles. The van der Waals surface area contributed by atoms with E-state index in [1.54, 1.807) is 24.0 Å². The third-order valence-electron chi connectivity index (χ3n) is 2.52. The Bertz CT molecular complexity index is 438. The van der Waals surface area contributed by atoms with Gasteiger partial charge < -0.3 is 15.0 Å². The summed E-state index contributed by atoms with van der Waals surface area (Å²) in [6.07, 6.45) is 4.63. The van der Waals surface area contributed by atoms with E-state index in [4.69, 9.17) is 4.74 Å². The van der Waals surface area contributed by atoms with Crippen LogP contribution in [0.1, 0.15) is 27.7 Å². The molecule has 5 nitrogen and oxygen atoms in total. The molecule has 0 aliphatic rings. The van der Waals surface area contributed by atoms with Crippen LogP contribution in [0.5, 0.6) is 0 Å². The summed E-state index contributed by atoms with van der Waals surface area (Å²) in [4.78, 5) is 23.5. The first kappa shape index (κ1) is 24.1. The van der Waals surface area contributed by atoms with Gasteiger partial charge in [0.2, 0.25) is 5.91 Å². The molecule has 1 amide bonds. The first-order valence-corrected chi connectivity index (χ1v) is 7.79. The number of esters is 1. The van der Waals surface area contributed by atoms with Crippen LogP contribution in [0.25, 0.3) is 0 Å². The lowest BCUT2D eigenvalue weighted by Crippen LogP contribution is -2.38. The number of hydrogen-bond donors (Lipinski definition) is 1. The maximum Gasteiger partial charge on any atom is 0.333 e. The summed E-state index contributed by atoms with van der Waals surface area (Å²) in [5, 5.41) is 3.21. The molecule has 0 fully saturated rings. The Balaban J connectivity index is 0. The maximum absolute atomic E-state index is 11.0. The third-order valence-corrected chi connectivity index (χ3v) is 2.52. The number of amides is 1. The van der Waals surface area contributed by atoms with Gasteiger partial charge in [0.25, 0.3) is 0 Å². The molecule has 0 spiro atoms. The highest BCUT2D eigenvalue weighted by molar-refractivity contribution is 5.87. The summed E-state index contributed by atoms with van der Waals surface area (Å²) in [7, 11) is 0. The highest BCUT2D eigenvalue weighted by Gasteiger charge is 2.08. The lowest BCUT2D eigenvalue weighted by molar-refractivity contribution is -0.138. The van der Waals surface area contributed by atoms with Crippen LogP contribution in [0.3, 0.4) is 0 Å². The first-order valence-electron chi connectivity index (χ1n) is 7.79. The molecule has 0 aromatic rings. The van der Waals surface area contributed by atoms with Crippen LogP contribution in [0.15, 0.2) is 50.1 Å².